The normalized spacial score (nSPS) is 15.5. The van der Waals surface area contributed by atoms with Gasteiger partial charge in [-0.3, -0.25) is 14.2 Å². The second-order valence-corrected chi connectivity index (χ2v) is 11.5. The van der Waals surface area contributed by atoms with Crippen LogP contribution in [0.4, 0.5) is 0 Å². The number of hydrogen-bond acceptors (Lipinski definition) is 6. The van der Waals surface area contributed by atoms with Crippen molar-refractivity contribution in [1.82, 2.24) is 9.47 Å². The number of allylic oxidation sites excluding steroid dienone is 1. The number of carbonyl (C=O) groups excluding carboxylic acids is 1. The first-order valence-electron chi connectivity index (χ1n) is 11.3. The Balaban J connectivity index is 2.02. The molecule has 1 aromatic heterocycles. The number of aromatic nitrogens is 1. The van der Waals surface area contributed by atoms with Crippen LogP contribution in [0.1, 0.15) is 37.9 Å². The van der Waals surface area contributed by atoms with E-state index in [0.29, 0.717) is 54.1 Å². The number of rotatable bonds is 6. The maximum absolute atomic E-state index is 13.9. The standard InChI is InChI=1S/C26H25I2N3O4S/c1-5-30(6-2)25(34)21-14(3)29-26-31(22(21)17-9-7-8-10-19(17)35-4)24(33)20(36-26)12-15-11-16(27)13-18(28)23(15)32/h7-13,22,32H,5-6H2,1-4H3/b20-12+/t22-/m1/s1. The zero-order valence-corrected chi connectivity index (χ0v) is 25.3. The zero-order valence-electron chi connectivity index (χ0n) is 20.2. The van der Waals surface area contributed by atoms with E-state index < -0.39 is 6.04 Å². The SMILES string of the molecule is CCN(CC)C(=O)C1=C(C)N=c2s/c(=C/c3cc(I)cc(I)c3O)c(=O)n2[C@@H]1c1ccccc1OC. The highest BCUT2D eigenvalue weighted by molar-refractivity contribution is 14.1. The summed E-state index contributed by atoms with van der Waals surface area (Å²) in [5, 5.41) is 10.6. The number of methoxy groups -OCH3 is 1. The van der Waals surface area contributed by atoms with Gasteiger partial charge in [-0.15, -0.1) is 0 Å². The number of para-hydroxylation sites is 1. The van der Waals surface area contributed by atoms with Gasteiger partial charge in [-0.2, -0.15) is 0 Å². The van der Waals surface area contributed by atoms with Crippen LogP contribution in [-0.4, -0.2) is 40.7 Å². The molecule has 0 spiro atoms. The first kappa shape index (κ1) is 26.9. The van der Waals surface area contributed by atoms with Gasteiger partial charge >= 0.3 is 0 Å². The smallest absolute Gasteiger partial charge is 0.271 e. The second-order valence-electron chi connectivity index (χ2n) is 8.13. The number of halogens is 2. The maximum atomic E-state index is 13.9. The molecule has 7 nitrogen and oxygen atoms in total. The van der Waals surface area contributed by atoms with E-state index in [1.165, 1.54) is 11.3 Å². The van der Waals surface area contributed by atoms with E-state index in [2.05, 4.69) is 45.2 Å². The van der Waals surface area contributed by atoms with Gasteiger partial charge in [-0.05, 0) is 90.2 Å². The fourth-order valence-electron chi connectivity index (χ4n) is 4.30. The van der Waals surface area contributed by atoms with Crippen molar-refractivity contribution in [1.29, 1.82) is 0 Å². The summed E-state index contributed by atoms with van der Waals surface area (Å²) in [6.07, 6.45) is 1.69. The number of ether oxygens (including phenoxy) is 1. The van der Waals surface area contributed by atoms with Crippen molar-refractivity contribution in [3.05, 3.63) is 85.6 Å². The van der Waals surface area contributed by atoms with Gasteiger partial charge in [0, 0.05) is 27.8 Å². The molecule has 0 fully saturated rings. The molecular weight excluding hydrogens is 704 g/mol. The van der Waals surface area contributed by atoms with Gasteiger partial charge in [0.15, 0.2) is 4.80 Å². The highest BCUT2D eigenvalue weighted by Gasteiger charge is 2.35. The molecule has 1 aliphatic heterocycles. The van der Waals surface area contributed by atoms with E-state index in [1.807, 2.05) is 57.2 Å². The van der Waals surface area contributed by atoms with E-state index in [-0.39, 0.29) is 17.2 Å². The molecular formula is C26H25I2N3O4S. The highest BCUT2D eigenvalue weighted by Crippen LogP contribution is 2.36. The van der Waals surface area contributed by atoms with Crippen molar-refractivity contribution >= 4 is 68.5 Å². The predicted molar refractivity (Wildman–Crippen MR) is 158 cm³/mol. The van der Waals surface area contributed by atoms with Gasteiger partial charge in [0.1, 0.15) is 17.5 Å². The summed E-state index contributed by atoms with van der Waals surface area (Å²) >= 11 is 5.49. The summed E-state index contributed by atoms with van der Waals surface area (Å²) in [5.41, 5.74) is 2.01. The number of nitrogens with zero attached hydrogens (tertiary/aromatic N) is 3. The molecule has 0 aliphatic carbocycles. The third kappa shape index (κ3) is 4.86. The molecule has 36 heavy (non-hydrogen) atoms. The number of amides is 1. The van der Waals surface area contributed by atoms with Gasteiger partial charge in [-0.1, -0.05) is 29.5 Å². The van der Waals surface area contributed by atoms with Crippen LogP contribution in [0.3, 0.4) is 0 Å². The topological polar surface area (TPSA) is 84.1 Å². The predicted octanol–water partition coefficient (Wildman–Crippen LogP) is 4.03. The van der Waals surface area contributed by atoms with E-state index in [1.54, 1.807) is 22.7 Å². The quantitative estimate of drug-likeness (QED) is 0.389. The molecule has 1 N–H and O–H groups in total. The van der Waals surface area contributed by atoms with Crippen LogP contribution in [0.2, 0.25) is 0 Å². The lowest BCUT2D eigenvalue weighted by Crippen LogP contribution is -2.43. The van der Waals surface area contributed by atoms with Crippen LogP contribution in [0.25, 0.3) is 6.08 Å². The minimum absolute atomic E-state index is 0.122. The number of thiazole rings is 1. The molecule has 0 saturated carbocycles. The summed E-state index contributed by atoms with van der Waals surface area (Å²) < 4.78 is 9.29. The van der Waals surface area contributed by atoms with Crippen LogP contribution in [0, 0.1) is 7.14 Å². The number of benzene rings is 2. The summed E-state index contributed by atoms with van der Waals surface area (Å²) in [5.74, 6) is 0.550. The molecule has 0 bridgehead atoms. The van der Waals surface area contributed by atoms with Crippen molar-refractivity contribution in [2.75, 3.05) is 20.2 Å². The van der Waals surface area contributed by atoms with Crippen molar-refractivity contribution in [2.24, 2.45) is 4.99 Å². The Morgan fingerprint density at radius 3 is 2.61 bits per heavy atom. The average molecular weight is 729 g/mol. The summed E-state index contributed by atoms with van der Waals surface area (Å²) in [4.78, 5) is 34.5. The van der Waals surface area contributed by atoms with Gasteiger partial charge in [-0.25, -0.2) is 4.99 Å². The molecule has 1 atom stereocenters. The molecule has 0 saturated heterocycles. The lowest BCUT2D eigenvalue weighted by atomic mass is 9.94. The van der Waals surface area contributed by atoms with Crippen molar-refractivity contribution in [3.8, 4) is 11.5 Å². The third-order valence-electron chi connectivity index (χ3n) is 6.08. The molecule has 1 amide bonds. The van der Waals surface area contributed by atoms with Gasteiger partial charge in [0.2, 0.25) is 0 Å². The first-order chi connectivity index (χ1) is 17.2. The average Bonchev–Trinajstić information content (AvgIpc) is 3.16. The first-order valence-corrected chi connectivity index (χ1v) is 14.3. The summed E-state index contributed by atoms with van der Waals surface area (Å²) in [7, 11) is 1.58. The Hall–Kier alpha value is -2.19. The van der Waals surface area contributed by atoms with E-state index in [4.69, 9.17) is 9.73 Å². The molecule has 188 valence electrons. The zero-order chi connectivity index (χ0) is 26.1. The molecule has 2 heterocycles. The Morgan fingerprint density at radius 2 is 1.94 bits per heavy atom. The van der Waals surface area contributed by atoms with E-state index >= 15 is 0 Å². The van der Waals surface area contributed by atoms with Crippen LogP contribution < -0.4 is 19.6 Å². The minimum atomic E-state index is -0.697. The fourth-order valence-corrected chi connectivity index (χ4v) is 7.23. The summed E-state index contributed by atoms with van der Waals surface area (Å²) in [6.45, 7) is 6.75. The maximum Gasteiger partial charge on any atom is 0.271 e. The fraction of sp³-hybridized carbons (Fsp3) is 0.269. The van der Waals surface area contributed by atoms with Gasteiger partial charge in [0.05, 0.1) is 26.5 Å². The number of aromatic hydroxyl groups is 1. The van der Waals surface area contributed by atoms with E-state index in [9.17, 15) is 14.7 Å². The van der Waals surface area contributed by atoms with Crippen LogP contribution in [0.5, 0.6) is 11.5 Å². The van der Waals surface area contributed by atoms with Crippen LogP contribution in [-0.2, 0) is 4.79 Å². The minimum Gasteiger partial charge on any atom is -0.506 e. The molecule has 0 unspecified atom stereocenters. The molecule has 0 radical (unpaired) electrons. The number of likely N-dealkylation sites (N-methyl/N-ethyl adjacent to an activating group) is 1. The molecule has 4 rings (SSSR count). The molecule has 1 aliphatic rings. The van der Waals surface area contributed by atoms with Crippen LogP contribution >= 0.6 is 56.5 Å². The lowest BCUT2D eigenvalue weighted by molar-refractivity contribution is -0.127. The Kier molecular flexibility index (Phi) is 8.25. The summed E-state index contributed by atoms with van der Waals surface area (Å²) in [6, 6.07) is 10.4. The largest absolute Gasteiger partial charge is 0.506 e. The Labute approximate surface area is 240 Å². The van der Waals surface area contributed by atoms with Gasteiger partial charge in [0.25, 0.3) is 11.5 Å². The number of phenolic OH excluding ortho intramolecular Hbond substituents is 1. The van der Waals surface area contributed by atoms with Crippen molar-refractivity contribution in [2.45, 2.75) is 26.8 Å². The second kappa shape index (κ2) is 11.1. The monoisotopic (exact) mass is 729 g/mol. The van der Waals surface area contributed by atoms with Crippen molar-refractivity contribution < 1.29 is 14.6 Å². The third-order valence-corrected chi connectivity index (χ3v) is 8.51. The Bertz CT molecular complexity index is 1550. The number of hydrogen-bond donors (Lipinski definition) is 1. The van der Waals surface area contributed by atoms with Crippen molar-refractivity contribution in [3.63, 3.8) is 0 Å². The molecule has 3 aromatic rings. The molecule has 2 aromatic carbocycles. The van der Waals surface area contributed by atoms with Crippen LogP contribution in [0.15, 0.2) is 57.5 Å². The highest BCUT2D eigenvalue weighted by atomic mass is 127. The number of fused-ring (bicyclic) bond motifs is 1. The van der Waals surface area contributed by atoms with E-state index in [0.717, 1.165) is 3.57 Å². The lowest BCUT2D eigenvalue weighted by Gasteiger charge is -2.29. The number of carbonyl (C=O) groups is 1. The molecule has 10 heteroatoms. The Morgan fingerprint density at radius 1 is 1.25 bits per heavy atom. The van der Waals surface area contributed by atoms with Gasteiger partial charge < -0.3 is 14.7 Å². The number of phenols is 1.